The van der Waals surface area contributed by atoms with E-state index in [-0.39, 0.29) is 0 Å². The summed E-state index contributed by atoms with van der Waals surface area (Å²) >= 11 is 6.23. The normalized spacial score (nSPS) is 27.1. The Morgan fingerprint density at radius 2 is 1.96 bits per heavy atom. The van der Waals surface area contributed by atoms with Gasteiger partial charge in [0, 0.05) is 30.2 Å². The Hall–Kier alpha value is -1.98. The minimum absolute atomic E-state index is 0.472. The molecule has 140 valence electrons. The van der Waals surface area contributed by atoms with Gasteiger partial charge in [-0.3, -0.25) is 9.56 Å². The third kappa shape index (κ3) is 3.23. The van der Waals surface area contributed by atoms with Crippen molar-refractivity contribution in [2.75, 3.05) is 6.54 Å². The molecule has 1 N–H and O–H groups in total. The van der Waals surface area contributed by atoms with Crippen molar-refractivity contribution < 1.29 is 0 Å². The molecule has 1 aromatic carbocycles. The molecule has 0 bridgehead atoms. The highest BCUT2D eigenvalue weighted by Gasteiger charge is 2.31. The lowest BCUT2D eigenvalue weighted by Gasteiger charge is -2.32. The summed E-state index contributed by atoms with van der Waals surface area (Å²) in [4.78, 5) is 4.45. The molecular weight excluding hydrogens is 358 g/mol. The smallest absolute Gasteiger partial charge is 0.151 e. The second-order valence-electron chi connectivity index (χ2n) is 7.86. The summed E-state index contributed by atoms with van der Waals surface area (Å²) in [5, 5.41) is 13.4. The molecule has 1 aromatic heterocycles. The monoisotopic (exact) mass is 381 g/mol. The van der Waals surface area contributed by atoms with Gasteiger partial charge in [-0.15, -0.1) is 10.2 Å². The van der Waals surface area contributed by atoms with E-state index >= 15 is 0 Å². The van der Waals surface area contributed by atoms with E-state index in [9.17, 15) is 0 Å². The summed E-state index contributed by atoms with van der Waals surface area (Å²) in [5.41, 5.74) is 2.38. The Kier molecular flexibility index (Phi) is 4.58. The summed E-state index contributed by atoms with van der Waals surface area (Å²) in [6, 6.07) is 6.12. The number of hydrogen-bond donors (Lipinski definition) is 1. The second kappa shape index (κ2) is 7.21. The van der Waals surface area contributed by atoms with Gasteiger partial charge in [0.1, 0.15) is 5.82 Å². The van der Waals surface area contributed by atoms with E-state index in [0.29, 0.717) is 11.8 Å². The Morgan fingerprint density at radius 1 is 1.07 bits per heavy atom. The van der Waals surface area contributed by atoms with Gasteiger partial charge < -0.3 is 5.32 Å². The molecule has 1 atom stereocenters. The van der Waals surface area contributed by atoms with Crippen LogP contribution < -0.4 is 5.32 Å². The number of benzene rings is 1. The number of dihydropyridines is 1. The quantitative estimate of drug-likeness (QED) is 0.853. The van der Waals surface area contributed by atoms with Crippen molar-refractivity contribution in [1.82, 2.24) is 20.1 Å². The summed E-state index contributed by atoms with van der Waals surface area (Å²) in [6.07, 6.45) is 11.2. The summed E-state index contributed by atoms with van der Waals surface area (Å²) in [7, 11) is 0. The van der Waals surface area contributed by atoms with E-state index in [1.165, 1.54) is 36.9 Å². The molecule has 1 saturated carbocycles. The lowest BCUT2D eigenvalue weighted by atomic mass is 9.75. The van der Waals surface area contributed by atoms with E-state index in [0.717, 1.165) is 42.2 Å². The highest BCUT2D eigenvalue weighted by Crippen LogP contribution is 2.40. The van der Waals surface area contributed by atoms with Crippen molar-refractivity contribution in [2.45, 2.75) is 44.7 Å². The highest BCUT2D eigenvalue weighted by atomic mass is 35.5. The van der Waals surface area contributed by atoms with Crippen LogP contribution >= 0.6 is 11.6 Å². The number of allylic oxidation sites excluding steroid dienone is 1. The fraction of sp³-hybridized carbons (Fsp3) is 0.476. The topological polar surface area (TPSA) is 55.1 Å². The number of hydrogen-bond acceptors (Lipinski definition) is 4. The van der Waals surface area contributed by atoms with Crippen LogP contribution in [-0.4, -0.2) is 27.5 Å². The number of aliphatic imine (C=N–C) groups is 1. The van der Waals surface area contributed by atoms with E-state index < -0.39 is 0 Å². The Bertz CT molecular complexity index is 892. The first-order valence-electron chi connectivity index (χ1n) is 9.90. The maximum atomic E-state index is 6.23. The Balaban J connectivity index is 1.40. The van der Waals surface area contributed by atoms with Gasteiger partial charge in [0.05, 0.1) is 12.2 Å². The van der Waals surface area contributed by atoms with E-state index in [4.69, 9.17) is 11.6 Å². The molecule has 3 aliphatic rings. The van der Waals surface area contributed by atoms with Gasteiger partial charge in [0.15, 0.2) is 5.82 Å². The lowest BCUT2D eigenvalue weighted by molar-refractivity contribution is 0.263. The molecule has 0 amide bonds. The minimum atomic E-state index is 0.472. The molecule has 5 nitrogen and oxygen atoms in total. The van der Waals surface area contributed by atoms with Gasteiger partial charge in [-0.2, -0.15) is 0 Å². The van der Waals surface area contributed by atoms with Crippen LogP contribution in [0.1, 0.15) is 48.8 Å². The molecule has 27 heavy (non-hydrogen) atoms. The van der Waals surface area contributed by atoms with Crippen LogP contribution in [0.2, 0.25) is 5.02 Å². The number of fused-ring (bicyclic) bond motifs is 3. The summed E-state index contributed by atoms with van der Waals surface area (Å²) < 4.78 is 2.28. The molecule has 6 heteroatoms. The van der Waals surface area contributed by atoms with Crippen LogP contribution in [0.15, 0.2) is 35.3 Å². The van der Waals surface area contributed by atoms with E-state index in [1.807, 2.05) is 12.3 Å². The zero-order valence-electron chi connectivity index (χ0n) is 15.3. The predicted octanol–water partition coefficient (Wildman–Crippen LogP) is 4.05. The third-order valence-electron chi connectivity index (χ3n) is 6.24. The van der Waals surface area contributed by atoms with Crippen LogP contribution in [0.25, 0.3) is 5.69 Å². The summed E-state index contributed by atoms with van der Waals surface area (Å²) in [6.45, 7) is 2.49. The maximum Gasteiger partial charge on any atom is 0.151 e. The van der Waals surface area contributed by atoms with Crippen LogP contribution in [-0.2, 0) is 13.1 Å². The molecule has 1 aliphatic carbocycles. The molecule has 3 heterocycles. The van der Waals surface area contributed by atoms with Crippen LogP contribution in [0.3, 0.4) is 0 Å². The van der Waals surface area contributed by atoms with E-state index in [1.54, 1.807) is 0 Å². The SMILES string of the molecule is Clc1ccc2c(c1)CNCc1nnc(C3CCC(C4C=CC=NC4)CC3)n1-2. The first-order chi connectivity index (χ1) is 13.3. The number of aromatic nitrogens is 3. The van der Waals surface area contributed by atoms with Gasteiger partial charge >= 0.3 is 0 Å². The van der Waals surface area contributed by atoms with Gasteiger partial charge in [-0.25, -0.2) is 0 Å². The van der Waals surface area contributed by atoms with Crippen molar-refractivity contribution in [2.24, 2.45) is 16.8 Å². The number of halogens is 1. The summed E-state index contributed by atoms with van der Waals surface area (Å²) in [5.74, 6) is 3.94. The lowest BCUT2D eigenvalue weighted by Crippen LogP contribution is -2.24. The molecule has 1 unspecified atom stereocenters. The van der Waals surface area contributed by atoms with Gasteiger partial charge in [0.2, 0.25) is 0 Å². The van der Waals surface area contributed by atoms with Crippen molar-refractivity contribution in [3.63, 3.8) is 0 Å². The average Bonchev–Trinajstić information content (AvgIpc) is 3.04. The van der Waals surface area contributed by atoms with Gasteiger partial charge in [-0.1, -0.05) is 17.7 Å². The van der Waals surface area contributed by atoms with Crippen LogP contribution in [0.5, 0.6) is 0 Å². The highest BCUT2D eigenvalue weighted by molar-refractivity contribution is 6.30. The van der Waals surface area contributed by atoms with Crippen LogP contribution in [0, 0.1) is 11.8 Å². The standard InChI is InChI=1S/C21H24ClN5/c22-18-7-8-19-17(10-18)12-24-13-20-25-26-21(27(19)20)15-5-3-14(4-6-15)16-2-1-9-23-11-16/h1-2,7-10,14-16,24H,3-6,11-13H2. The van der Waals surface area contributed by atoms with Crippen molar-refractivity contribution in [3.8, 4) is 5.69 Å². The maximum absolute atomic E-state index is 6.23. The van der Waals surface area contributed by atoms with Crippen molar-refractivity contribution in [1.29, 1.82) is 0 Å². The minimum Gasteiger partial charge on any atom is -0.306 e. The first kappa shape index (κ1) is 17.1. The molecule has 0 radical (unpaired) electrons. The predicted molar refractivity (Wildman–Crippen MR) is 108 cm³/mol. The molecule has 2 aromatic rings. The first-order valence-corrected chi connectivity index (χ1v) is 10.3. The van der Waals surface area contributed by atoms with E-state index in [2.05, 4.69) is 49.4 Å². The van der Waals surface area contributed by atoms with Crippen molar-refractivity contribution in [3.05, 3.63) is 52.6 Å². The average molecular weight is 382 g/mol. The van der Waals surface area contributed by atoms with Gasteiger partial charge in [0.25, 0.3) is 0 Å². The number of rotatable bonds is 2. The molecule has 0 saturated heterocycles. The Labute approximate surface area is 164 Å². The van der Waals surface area contributed by atoms with Crippen molar-refractivity contribution >= 4 is 17.8 Å². The van der Waals surface area contributed by atoms with Crippen LogP contribution in [0.4, 0.5) is 0 Å². The molecule has 0 spiro atoms. The second-order valence-corrected chi connectivity index (χ2v) is 8.30. The fourth-order valence-corrected chi connectivity index (χ4v) is 5.00. The number of nitrogens with zero attached hydrogens (tertiary/aromatic N) is 4. The van der Waals surface area contributed by atoms with Gasteiger partial charge in [-0.05, 0) is 67.4 Å². The molecule has 2 aliphatic heterocycles. The fourth-order valence-electron chi connectivity index (χ4n) is 4.80. The third-order valence-corrected chi connectivity index (χ3v) is 6.48. The number of nitrogens with one attached hydrogen (secondary N) is 1. The zero-order valence-corrected chi connectivity index (χ0v) is 16.1. The molecule has 1 fully saturated rings. The Morgan fingerprint density at radius 3 is 2.78 bits per heavy atom. The zero-order chi connectivity index (χ0) is 18.2. The molecular formula is C21H24ClN5. The molecule has 5 rings (SSSR count). The largest absolute Gasteiger partial charge is 0.306 e.